The number of ether oxygens (including phenoxy) is 1. The summed E-state index contributed by atoms with van der Waals surface area (Å²) < 4.78 is 7.21. The molecule has 0 aliphatic carbocycles. The minimum atomic E-state index is -0.471. The molecule has 92 valence electrons. The van der Waals surface area contributed by atoms with E-state index < -0.39 is 4.92 Å². The zero-order valence-corrected chi connectivity index (χ0v) is 9.74. The Hall–Kier alpha value is -2.37. The molecule has 0 N–H and O–H groups in total. The third-order valence-electron chi connectivity index (χ3n) is 2.88. The summed E-state index contributed by atoms with van der Waals surface area (Å²) in [5.41, 5.74) is 1.29. The van der Waals surface area contributed by atoms with E-state index in [2.05, 4.69) is 4.98 Å². The lowest BCUT2D eigenvalue weighted by molar-refractivity contribution is -0.388. The summed E-state index contributed by atoms with van der Waals surface area (Å²) in [5, 5.41) is 11.1. The van der Waals surface area contributed by atoms with Crippen LogP contribution in [0.3, 0.4) is 0 Å². The van der Waals surface area contributed by atoms with Crippen molar-refractivity contribution in [3.63, 3.8) is 0 Å². The fourth-order valence-electron chi connectivity index (χ4n) is 2.16. The maximum absolute atomic E-state index is 11.1. The summed E-state index contributed by atoms with van der Waals surface area (Å²) in [6.45, 7) is 2.50. The van der Waals surface area contributed by atoms with E-state index in [1.807, 2.05) is 37.3 Å². The van der Waals surface area contributed by atoms with E-state index in [1.165, 1.54) is 0 Å². The van der Waals surface area contributed by atoms with Crippen molar-refractivity contribution in [2.75, 3.05) is 0 Å². The SMILES string of the molecule is CC1Cn2c(nc([N+](=O)[O-])c2-c2ccccc2)O1. The third-order valence-corrected chi connectivity index (χ3v) is 2.88. The highest BCUT2D eigenvalue weighted by Crippen LogP contribution is 2.36. The lowest BCUT2D eigenvalue weighted by atomic mass is 10.1. The maximum atomic E-state index is 11.1. The number of hydrogen-bond donors (Lipinski definition) is 0. The van der Waals surface area contributed by atoms with Gasteiger partial charge in [-0.15, -0.1) is 0 Å². The average molecular weight is 245 g/mol. The van der Waals surface area contributed by atoms with Gasteiger partial charge in [0.1, 0.15) is 6.10 Å². The quantitative estimate of drug-likeness (QED) is 0.601. The molecule has 0 fully saturated rings. The summed E-state index contributed by atoms with van der Waals surface area (Å²) in [7, 11) is 0. The highest BCUT2D eigenvalue weighted by molar-refractivity contribution is 5.69. The Morgan fingerprint density at radius 3 is 2.83 bits per heavy atom. The van der Waals surface area contributed by atoms with Gasteiger partial charge in [-0.25, -0.2) is 0 Å². The number of fused-ring (bicyclic) bond motifs is 1. The molecule has 6 nitrogen and oxygen atoms in total. The molecule has 6 heteroatoms. The third kappa shape index (κ3) is 1.54. The lowest BCUT2D eigenvalue weighted by Crippen LogP contribution is -2.09. The number of imidazole rings is 1. The van der Waals surface area contributed by atoms with Crippen LogP contribution in [0.15, 0.2) is 30.3 Å². The molecule has 18 heavy (non-hydrogen) atoms. The van der Waals surface area contributed by atoms with Gasteiger partial charge >= 0.3 is 11.8 Å². The average Bonchev–Trinajstić information content (AvgIpc) is 2.85. The second-order valence-corrected chi connectivity index (χ2v) is 4.23. The monoisotopic (exact) mass is 245 g/mol. The largest absolute Gasteiger partial charge is 0.441 e. The van der Waals surface area contributed by atoms with Crippen molar-refractivity contribution in [2.24, 2.45) is 0 Å². The van der Waals surface area contributed by atoms with Crippen molar-refractivity contribution in [2.45, 2.75) is 19.6 Å². The fourth-order valence-corrected chi connectivity index (χ4v) is 2.16. The first-order valence-corrected chi connectivity index (χ1v) is 5.64. The molecule has 1 aromatic heterocycles. The van der Waals surface area contributed by atoms with E-state index in [9.17, 15) is 10.1 Å². The highest BCUT2D eigenvalue weighted by Gasteiger charge is 2.35. The van der Waals surface area contributed by atoms with Crippen LogP contribution in [0.5, 0.6) is 6.01 Å². The van der Waals surface area contributed by atoms with E-state index in [-0.39, 0.29) is 11.9 Å². The van der Waals surface area contributed by atoms with Gasteiger partial charge in [-0.3, -0.25) is 4.57 Å². The van der Waals surface area contributed by atoms with Gasteiger partial charge < -0.3 is 14.9 Å². The number of nitrogens with zero attached hydrogens (tertiary/aromatic N) is 3. The van der Waals surface area contributed by atoms with Crippen molar-refractivity contribution in [3.05, 3.63) is 40.4 Å². The number of benzene rings is 1. The zero-order valence-electron chi connectivity index (χ0n) is 9.74. The predicted octanol–water partition coefficient (Wildman–Crippen LogP) is 2.24. The van der Waals surface area contributed by atoms with Crippen LogP contribution in [-0.2, 0) is 6.54 Å². The second kappa shape index (κ2) is 3.83. The Bertz CT molecular complexity index is 607. The zero-order chi connectivity index (χ0) is 12.7. The highest BCUT2D eigenvalue weighted by atomic mass is 16.6. The summed E-state index contributed by atoms with van der Waals surface area (Å²) >= 11 is 0. The standard InChI is InChI=1S/C12H11N3O3/c1-8-7-14-10(9-5-3-2-4-6-9)11(15(16)17)13-12(14)18-8/h2-6,8H,7H2,1H3. The van der Waals surface area contributed by atoms with Gasteiger partial charge in [-0.05, 0) is 11.8 Å². The van der Waals surface area contributed by atoms with Crippen LogP contribution in [-0.4, -0.2) is 20.6 Å². The van der Waals surface area contributed by atoms with Crippen LogP contribution < -0.4 is 4.74 Å². The molecule has 2 aromatic rings. The smallest absolute Gasteiger partial charge is 0.415 e. The molecular formula is C12H11N3O3. The summed E-state index contributed by atoms with van der Waals surface area (Å²) in [5.74, 6) is -0.150. The molecule has 0 spiro atoms. The molecular weight excluding hydrogens is 234 g/mol. The van der Waals surface area contributed by atoms with Crippen molar-refractivity contribution in [1.82, 2.24) is 9.55 Å². The van der Waals surface area contributed by atoms with E-state index in [4.69, 9.17) is 4.74 Å². The minimum Gasteiger partial charge on any atom is -0.441 e. The normalized spacial score (nSPS) is 17.3. The Morgan fingerprint density at radius 1 is 1.44 bits per heavy atom. The Morgan fingerprint density at radius 2 is 2.17 bits per heavy atom. The molecule has 0 saturated heterocycles. The fraction of sp³-hybridized carbons (Fsp3) is 0.250. The number of rotatable bonds is 2. The van der Waals surface area contributed by atoms with Crippen molar-refractivity contribution in [3.8, 4) is 17.3 Å². The van der Waals surface area contributed by atoms with Gasteiger partial charge in [0.2, 0.25) is 0 Å². The topological polar surface area (TPSA) is 70.2 Å². The van der Waals surface area contributed by atoms with Gasteiger partial charge in [0.25, 0.3) is 0 Å². The molecule has 3 rings (SSSR count). The van der Waals surface area contributed by atoms with Crippen LogP contribution in [0, 0.1) is 10.1 Å². The van der Waals surface area contributed by atoms with Crippen molar-refractivity contribution < 1.29 is 9.66 Å². The first-order valence-electron chi connectivity index (χ1n) is 5.64. The number of nitro groups is 1. The molecule has 1 unspecified atom stereocenters. The van der Waals surface area contributed by atoms with Gasteiger partial charge in [0.05, 0.1) is 6.54 Å². The first-order chi connectivity index (χ1) is 8.66. The van der Waals surface area contributed by atoms with Gasteiger partial charge in [-0.1, -0.05) is 30.3 Å². The maximum Gasteiger partial charge on any atom is 0.415 e. The second-order valence-electron chi connectivity index (χ2n) is 4.23. The van der Waals surface area contributed by atoms with E-state index in [0.717, 1.165) is 5.56 Å². The predicted molar refractivity (Wildman–Crippen MR) is 64.4 cm³/mol. The molecule has 1 atom stereocenters. The van der Waals surface area contributed by atoms with Gasteiger partial charge in [-0.2, -0.15) is 0 Å². The van der Waals surface area contributed by atoms with Crippen LogP contribution in [0.2, 0.25) is 0 Å². The molecule has 0 bridgehead atoms. The van der Waals surface area contributed by atoms with Crippen molar-refractivity contribution >= 4 is 5.82 Å². The summed E-state index contributed by atoms with van der Waals surface area (Å²) in [4.78, 5) is 14.5. The molecule has 0 radical (unpaired) electrons. The molecule has 2 heterocycles. The molecule has 1 aliphatic heterocycles. The first kappa shape index (κ1) is 10.8. The molecule has 0 saturated carbocycles. The van der Waals surface area contributed by atoms with E-state index >= 15 is 0 Å². The van der Waals surface area contributed by atoms with Crippen LogP contribution >= 0.6 is 0 Å². The Balaban J connectivity index is 2.21. The van der Waals surface area contributed by atoms with E-state index in [0.29, 0.717) is 18.2 Å². The summed E-state index contributed by atoms with van der Waals surface area (Å²) in [6, 6.07) is 9.56. The Labute approximate surface area is 103 Å². The number of aromatic nitrogens is 2. The lowest BCUT2D eigenvalue weighted by Gasteiger charge is -2.03. The van der Waals surface area contributed by atoms with Crippen LogP contribution in [0.1, 0.15) is 6.92 Å². The summed E-state index contributed by atoms with van der Waals surface area (Å²) in [6.07, 6.45) is -0.00392. The minimum absolute atomic E-state index is 0.00392. The molecule has 1 aromatic carbocycles. The van der Waals surface area contributed by atoms with Gasteiger partial charge in [0, 0.05) is 10.5 Å². The van der Waals surface area contributed by atoms with Crippen LogP contribution in [0.25, 0.3) is 11.3 Å². The van der Waals surface area contributed by atoms with Gasteiger partial charge in [0.15, 0.2) is 5.69 Å². The van der Waals surface area contributed by atoms with Crippen LogP contribution in [0.4, 0.5) is 5.82 Å². The number of hydrogen-bond acceptors (Lipinski definition) is 4. The molecule has 1 aliphatic rings. The molecule has 0 amide bonds. The Kier molecular flexibility index (Phi) is 2.29. The van der Waals surface area contributed by atoms with Crippen molar-refractivity contribution in [1.29, 1.82) is 0 Å². The van der Waals surface area contributed by atoms with E-state index in [1.54, 1.807) is 4.57 Å².